The van der Waals surface area contributed by atoms with Crippen LogP contribution in [-0.4, -0.2) is 24.5 Å². The minimum atomic E-state index is 0.264. The number of nitrogens with zero attached hydrogens (tertiary/aromatic N) is 1. The third-order valence-electron chi connectivity index (χ3n) is 3.03. The highest BCUT2D eigenvalue weighted by molar-refractivity contribution is 7.17. The number of epoxide rings is 1. The molecule has 0 N–H and O–H groups in total. The largest absolute Gasteiger partial charge is 0.491 e. The van der Waals surface area contributed by atoms with Crippen molar-refractivity contribution in [3.63, 3.8) is 0 Å². The van der Waals surface area contributed by atoms with Crippen molar-refractivity contribution in [3.8, 4) is 17.0 Å². The van der Waals surface area contributed by atoms with Gasteiger partial charge in [0.2, 0.25) is 0 Å². The Morgan fingerprint density at radius 3 is 3.21 bits per heavy atom. The van der Waals surface area contributed by atoms with E-state index in [1.807, 2.05) is 35.7 Å². The van der Waals surface area contributed by atoms with Gasteiger partial charge in [0.1, 0.15) is 28.9 Å². The molecule has 1 saturated heterocycles. The van der Waals surface area contributed by atoms with E-state index < -0.39 is 0 Å². The summed E-state index contributed by atoms with van der Waals surface area (Å²) in [5.41, 5.74) is 2.71. The van der Waals surface area contributed by atoms with Gasteiger partial charge in [-0.25, -0.2) is 0 Å². The van der Waals surface area contributed by atoms with Gasteiger partial charge in [0.25, 0.3) is 0 Å². The molecule has 0 saturated carbocycles. The third kappa shape index (κ3) is 2.11. The summed E-state index contributed by atoms with van der Waals surface area (Å²) in [6.45, 7) is 1.41. The lowest BCUT2D eigenvalue weighted by molar-refractivity contribution is 0.263. The molecule has 2 aromatic heterocycles. The van der Waals surface area contributed by atoms with Crippen LogP contribution < -0.4 is 4.74 Å². The van der Waals surface area contributed by atoms with Crippen LogP contribution in [0.15, 0.2) is 40.2 Å². The highest BCUT2D eigenvalue weighted by atomic mass is 32.1. The van der Waals surface area contributed by atoms with E-state index in [9.17, 15) is 0 Å². The van der Waals surface area contributed by atoms with Gasteiger partial charge in [-0.3, -0.25) is 0 Å². The molecule has 96 valence electrons. The van der Waals surface area contributed by atoms with Crippen LogP contribution in [0, 0.1) is 0 Å². The van der Waals surface area contributed by atoms with E-state index in [0.717, 1.165) is 33.9 Å². The Morgan fingerprint density at radius 1 is 1.37 bits per heavy atom. The van der Waals surface area contributed by atoms with E-state index >= 15 is 0 Å². The topological polar surface area (TPSA) is 47.8 Å². The summed E-state index contributed by atoms with van der Waals surface area (Å²) in [7, 11) is 0. The first kappa shape index (κ1) is 11.0. The van der Waals surface area contributed by atoms with E-state index in [0.29, 0.717) is 6.61 Å². The number of benzene rings is 1. The average molecular weight is 273 g/mol. The van der Waals surface area contributed by atoms with E-state index in [1.165, 1.54) is 0 Å². The third-order valence-corrected chi connectivity index (χ3v) is 3.93. The lowest BCUT2D eigenvalue weighted by Gasteiger charge is -2.05. The number of hydrogen-bond donors (Lipinski definition) is 0. The van der Waals surface area contributed by atoms with Crippen LogP contribution in [0.2, 0.25) is 0 Å². The first-order valence-electron chi connectivity index (χ1n) is 6.08. The number of fused-ring (bicyclic) bond motifs is 1. The van der Waals surface area contributed by atoms with Crippen molar-refractivity contribution in [2.75, 3.05) is 13.2 Å². The van der Waals surface area contributed by atoms with Crippen molar-refractivity contribution in [2.24, 2.45) is 0 Å². The van der Waals surface area contributed by atoms with Gasteiger partial charge in [0.15, 0.2) is 5.58 Å². The molecule has 1 unspecified atom stereocenters. The minimum absolute atomic E-state index is 0.264. The smallest absolute Gasteiger partial charge is 0.178 e. The summed E-state index contributed by atoms with van der Waals surface area (Å²) >= 11 is 1.63. The molecule has 1 aliphatic heterocycles. The highest BCUT2D eigenvalue weighted by Crippen LogP contribution is 2.33. The Labute approximate surface area is 113 Å². The Kier molecular flexibility index (Phi) is 2.53. The van der Waals surface area contributed by atoms with Gasteiger partial charge < -0.3 is 14.0 Å². The van der Waals surface area contributed by atoms with E-state index in [1.54, 1.807) is 11.3 Å². The van der Waals surface area contributed by atoms with Gasteiger partial charge in [-0.1, -0.05) is 17.3 Å². The molecule has 0 radical (unpaired) electrons. The van der Waals surface area contributed by atoms with Crippen LogP contribution in [0.4, 0.5) is 0 Å². The molecule has 4 rings (SSSR count). The first-order chi connectivity index (χ1) is 9.40. The van der Waals surface area contributed by atoms with Gasteiger partial charge in [-0.2, -0.15) is 0 Å². The zero-order valence-corrected chi connectivity index (χ0v) is 10.9. The maximum atomic E-state index is 5.68. The second-order valence-electron chi connectivity index (χ2n) is 4.44. The number of aromatic nitrogens is 1. The van der Waals surface area contributed by atoms with Crippen molar-refractivity contribution in [1.29, 1.82) is 0 Å². The van der Waals surface area contributed by atoms with Gasteiger partial charge in [0.05, 0.1) is 6.61 Å². The van der Waals surface area contributed by atoms with Crippen molar-refractivity contribution in [3.05, 3.63) is 35.7 Å². The predicted octanol–water partition coefficient (Wildman–Crippen LogP) is 3.33. The summed E-state index contributed by atoms with van der Waals surface area (Å²) in [4.78, 5) is 0. The zero-order valence-electron chi connectivity index (χ0n) is 10.0. The SMILES string of the molecule is c1cc(OCC2CO2)cc(-c2noc3ccsc23)c1. The monoisotopic (exact) mass is 273 g/mol. The van der Waals surface area contributed by atoms with Crippen LogP contribution in [0.1, 0.15) is 0 Å². The number of hydrogen-bond acceptors (Lipinski definition) is 5. The van der Waals surface area contributed by atoms with Gasteiger partial charge in [-0.05, 0) is 23.6 Å². The molecule has 0 aliphatic carbocycles. The fourth-order valence-electron chi connectivity index (χ4n) is 1.95. The molecular weight excluding hydrogens is 262 g/mol. The molecular formula is C14H11NO3S. The highest BCUT2D eigenvalue weighted by Gasteiger charge is 2.23. The lowest BCUT2D eigenvalue weighted by Crippen LogP contribution is -2.03. The maximum Gasteiger partial charge on any atom is 0.178 e. The summed E-state index contributed by atoms with van der Waals surface area (Å²) < 4.78 is 17.2. The zero-order chi connectivity index (χ0) is 12.7. The normalized spacial score (nSPS) is 17.8. The number of thiophene rings is 1. The molecule has 1 atom stereocenters. The summed E-state index contributed by atoms with van der Waals surface area (Å²) in [6.07, 6.45) is 0.264. The fourth-order valence-corrected chi connectivity index (χ4v) is 2.76. The van der Waals surface area contributed by atoms with Crippen molar-refractivity contribution < 1.29 is 14.0 Å². The van der Waals surface area contributed by atoms with Gasteiger partial charge in [-0.15, -0.1) is 11.3 Å². The second kappa shape index (κ2) is 4.36. The van der Waals surface area contributed by atoms with Crippen LogP contribution in [0.5, 0.6) is 5.75 Å². The molecule has 4 nitrogen and oxygen atoms in total. The predicted molar refractivity (Wildman–Crippen MR) is 72.6 cm³/mol. The Bertz CT molecular complexity index is 714. The number of ether oxygens (including phenoxy) is 2. The average Bonchev–Trinajstić information content (AvgIpc) is 2.99. The molecule has 0 amide bonds. The van der Waals surface area contributed by atoms with Crippen molar-refractivity contribution in [1.82, 2.24) is 5.16 Å². The molecule has 0 spiro atoms. The van der Waals surface area contributed by atoms with Crippen LogP contribution >= 0.6 is 11.3 Å². The molecule has 3 aromatic rings. The Hall–Kier alpha value is -1.85. The molecule has 1 aliphatic rings. The summed E-state index contributed by atoms with van der Waals surface area (Å²) in [6, 6.07) is 9.84. The minimum Gasteiger partial charge on any atom is -0.491 e. The van der Waals surface area contributed by atoms with E-state index in [-0.39, 0.29) is 6.10 Å². The maximum absolute atomic E-state index is 5.68. The van der Waals surface area contributed by atoms with Crippen molar-refractivity contribution in [2.45, 2.75) is 6.10 Å². The number of rotatable bonds is 4. The molecule has 3 heterocycles. The quantitative estimate of drug-likeness (QED) is 0.684. The fraction of sp³-hybridized carbons (Fsp3) is 0.214. The molecule has 1 fully saturated rings. The van der Waals surface area contributed by atoms with Crippen LogP contribution in [0.3, 0.4) is 0 Å². The van der Waals surface area contributed by atoms with Crippen LogP contribution in [0.25, 0.3) is 21.5 Å². The molecule has 1 aromatic carbocycles. The van der Waals surface area contributed by atoms with Crippen LogP contribution in [-0.2, 0) is 4.74 Å². The molecule has 19 heavy (non-hydrogen) atoms. The lowest BCUT2D eigenvalue weighted by atomic mass is 10.1. The standard InChI is InChI=1S/C14H11NO3S/c1-2-9(6-10(3-1)16-7-11-8-17-11)13-14-12(18-15-13)4-5-19-14/h1-6,11H,7-8H2. The summed E-state index contributed by atoms with van der Waals surface area (Å²) in [5, 5.41) is 6.13. The molecule has 0 bridgehead atoms. The van der Waals surface area contributed by atoms with Crippen molar-refractivity contribution >= 4 is 21.6 Å². The Balaban J connectivity index is 1.66. The summed E-state index contributed by atoms with van der Waals surface area (Å²) in [5.74, 6) is 0.834. The van der Waals surface area contributed by atoms with E-state index in [4.69, 9.17) is 14.0 Å². The first-order valence-corrected chi connectivity index (χ1v) is 6.96. The van der Waals surface area contributed by atoms with E-state index in [2.05, 4.69) is 5.16 Å². The second-order valence-corrected chi connectivity index (χ2v) is 5.36. The van der Waals surface area contributed by atoms with Gasteiger partial charge in [0, 0.05) is 5.56 Å². The Morgan fingerprint density at radius 2 is 2.32 bits per heavy atom. The van der Waals surface area contributed by atoms with Gasteiger partial charge >= 0.3 is 0 Å². The molecule has 5 heteroatoms.